The van der Waals surface area contributed by atoms with Gasteiger partial charge in [-0.3, -0.25) is 4.79 Å². The van der Waals surface area contributed by atoms with Crippen molar-refractivity contribution in [1.29, 1.82) is 0 Å². The zero-order chi connectivity index (χ0) is 16.0. The van der Waals surface area contributed by atoms with Crippen molar-refractivity contribution in [3.63, 3.8) is 0 Å². The van der Waals surface area contributed by atoms with Crippen molar-refractivity contribution in [3.8, 4) is 0 Å². The third kappa shape index (κ3) is 2.53. The highest BCUT2D eigenvalue weighted by atomic mass is 16.2. The summed E-state index contributed by atoms with van der Waals surface area (Å²) in [7, 11) is 1.78. The van der Waals surface area contributed by atoms with Crippen LogP contribution in [0.25, 0.3) is 0 Å². The highest BCUT2D eigenvalue weighted by Crippen LogP contribution is 2.35. The summed E-state index contributed by atoms with van der Waals surface area (Å²) in [6, 6.07) is 8.01. The minimum Gasteiger partial charge on any atom is -0.356 e. The quantitative estimate of drug-likeness (QED) is 0.795. The van der Waals surface area contributed by atoms with Gasteiger partial charge in [-0.1, -0.05) is 12.1 Å². The number of amidine groups is 1. The zero-order valence-corrected chi connectivity index (χ0v) is 13.6. The molecule has 5 heteroatoms. The van der Waals surface area contributed by atoms with E-state index < -0.39 is 6.17 Å². The number of benzene rings is 1. The van der Waals surface area contributed by atoms with Gasteiger partial charge >= 0.3 is 0 Å². The highest BCUT2D eigenvalue weighted by Gasteiger charge is 2.34. The molecule has 3 aliphatic heterocycles. The summed E-state index contributed by atoms with van der Waals surface area (Å²) in [6.07, 6.45) is 4.47. The largest absolute Gasteiger partial charge is 0.356 e. The number of para-hydroxylation sites is 1. The second kappa shape index (κ2) is 5.64. The van der Waals surface area contributed by atoms with Gasteiger partial charge in [0.25, 0.3) is 5.91 Å². The molecule has 5 nitrogen and oxygen atoms in total. The van der Waals surface area contributed by atoms with Gasteiger partial charge in [0.2, 0.25) is 0 Å². The molecule has 3 fully saturated rings. The first kappa shape index (κ1) is 14.7. The highest BCUT2D eigenvalue weighted by molar-refractivity contribution is 6.11. The van der Waals surface area contributed by atoms with Crippen molar-refractivity contribution in [2.45, 2.75) is 31.8 Å². The molecule has 1 atom stereocenters. The molecule has 5 rings (SSSR count). The fourth-order valence-corrected chi connectivity index (χ4v) is 4.25. The second-order valence-corrected chi connectivity index (χ2v) is 7.10. The van der Waals surface area contributed by atoms with Crippen LogP contribution in [0.4, 0.5) is 5.69 Å². The summed E-state index contributed by atoms with van der Waals surface area (Å²) >= 11 is 0. The summed E-state index contributed by atoms with van der Waals surface area (Å²) in [5.41, 5.74) is 7.99. The van der Waals surface area contributed by atoms with Crippen LogP contribution in [0, 0.1) is 11.8 Å². The normalized spacial score (nSPS) is 30.6. The summed E-state index contributed by atoms with van der Waals surface area (Å²) < 4.78 is 0. The predicted octanol–water partition coefficient (Wildman–Crippen LogP) is 1.82. The first-order valence-electron chi connectivity index (χ1n) is 8.59. The summed E-state index contributed by atoms with van der Waals surface area (Å²) in [6.45, 7) is 2.07. The zero-order valence-electron chi connectivity index (χ0n) is 13.6. The molecule has 1 aromatic carbocycles. The monoisotopic (exact) mass is 312 g/mol. The minimum atomic E-state index is -0.816. The molecule has 23 heavy (non-hydrogen) atoms. The summed E-state index contributed by atoms with van der Waals surface area (Å²) in [4.78, 5) is 21.1. The van der Waals surface area contributed by atoms with Crippen LogP contribution in [-0.4, -0.2) is 42.9 Å². The van der Waals surface area contributed by atoms with Gasteiger partial charge in [-0.2, -0.15) is 0 Å². The third-order valence-electron chi connectivity index (χ3n) is 5.57. The van der Waals surface area contributed by atoms with Gasteiger partial charge in [0.1, 0.15) is 5.84 Å². The molecule has 1 aromatic rings. The molecule has 2 N–H and O–H groups in total. The molecule has 2 bridgehead atoms. The number of hydrogen-bond donors (Lipinski definition) is 1. The van der Waals surface area contributed by atoms with E-state index in [1.165, 1.54) is 25.7 Å². The molecular weight excluding hydrogens is 288 g/mol. The van der Waals surface area contributed by atoms with E-state index in [1.54, 1.807) is 11.9 Å². The number of carbonyl (C=O) groups is 1. The minimum absolute atomic E-state index is 0.148. The Morgan fingerprint density at radius 2 is 1.70 bits per heavy atom. The number of hydrogen-bond acceptors (Lipinski definition) is 4. The molecule has 0 unspecified atom stereocenters. The summed E-state index contributed by atoms with van der Waals surface area (Å²) in [5.74, 6) is 2.25. The second-order valence-electron chi connectivity index (χ2n) is 7.10. The maximum absolute atomic E-state index is 12.4. The first-order chi connectivity index (χ1) is 11.1. The van der Waals surface area contributed by atoms with E-state index in [0.717, 1.165) is 42.0 Å². The standard InChI is InChI=1S/C18H24N4O/c1-21-15-5-3-2-4-14(15)17(20-16(19)18(21)23)22-10-12-6-7-13(11-22)9-8-12/h2-5,12-13,16H,6-11,19H2,1H3/t12?,13?,16-/m1/s1. The molecule has 2 saturated heterocycles. The maximum atomic E-state index is 12.4. The summed E-state index contributed by atoms with van der Waals surface area (Å²) in [5, 5.41) is 0. The van der Waals surface area contributed by atoms with Gasteiger partial charge in [0.05, 0.1) is 5.69 Å². The van der Waals surface area contributed by atoms with Crippen LogP contribution in [0.15, 0.2) is 29.3 Å². The smallest absolute Gasteiger partial charge is 0.266 e. The van der Waals surface area contributed by atoms with E-state index in [4.69, 9.17) is 5.73 Å². The molecular formula is C18H24N4O. The molecule has 0 spiro atoms. The number of nitrogens with zero attached hydrogens (tertiary/aromatic N) is 3. The van der Waals surface area contributed by atoms with E-state index in [2.05, 4.69) is 16.0 Å². The van der Waals surface area contributed by atoms with Crippen LogP contribution in [0.5, 0.6) is 0 Å². The van der Waals surface area contributed by atoms with E-state index in [-0.39, 0.29) is 5.91 Å². The molecule has 4 aliphatic rings. The lowest BCUT2D eigenvalue weighted by atomic mass is 9.84. The number of carbonyl (C=O) groups excluding carboxylic acids is 1. The van der Waals surface area contributed by atoms with Gasteiger partial charge in [-0.15, -0.1) is 0 Å². The van der Waals surface area contributed by atoms with Crippen LogP contribution >= 0.6 is 0 Å². The molecule has 3 heterocycles. The Labute approximate surface area is 137 Å². The van der Waals surface area contributed by atoms with E-state index >= 15 is 0 Å². The Kier molecular flexibility index (Phi) is 3.60. The lowest BCUT2D eigenvalue weighted by molar-refractivity contribution is -0.119. The number of amides is 1. The van der Waals surface area contributed by atoms with Crippen molar-refractivity contribution >= 4 is 17.4 Å². The predicted molar refractivity (Wildman–Crippen MR) is 91.4 cm³/mol. The van der Waals surface area contributed by atoms with Gasteiger partial charge < -0.3 is 15.5 Å². The fraction of sp³-hybridized carbons (Fsp3) is 0.556. The lowest BCUT2D eigenvalue weighted by Gasteiger charge is -2.27. The van der Waals surface area contributed by atoms with E-state index in [9.17, 15) is 4.79 Å². The Morgan fingerprint density at radius 3 is 2.35 bits per heavy atom. The molecule has 1 aliphatic carbocycles. The van der Waals surface area contributed by atoms with Crippen molar-refractivity contribution in [2.24, 2.45) is 22.6 Å². The van der Waals surface area contributed by atoms with E-state index in [0.29, 0.717) is 0 Å². The van der Waals surface area contributed by atoms with Gasteiger partial charge in [0.15, 0.2) is 6.17 Å². The number of anilines is 1. The average Bonchev–Trinajstić information content (AvgIpc) is 2.94. The SMILES string of the molecule is CN1C(=O)[C@H](N)N=C(N2CC3CCC(CC3)C2)c2ccccc21. The number of nitrogens with two attached hydrogens (primary N) is 1. The number of fused-ring (bicyclic) bond motifs is 5. The molecule has 1 saturated carbocycles. The number of likely N-dealkylation sites (N-methyl/N-ethyl adjacent to an activating group) is 1. The Bertz CT molecular complexity index is 634. The van der Waals surface area contributed by atoms with Gasteiger partial charge in [0, 0.05) is 25.7 Å². The Balaban J connectivity index is 1.78. The van der Waals surface area contributed by atoms with Crippen LogP contribution in [0.3, 0.4) is 0 Å². The number of rotatable bonds is 0. The van der Waals surface area contributed by atoms with Crippen LogP contribution in [0.1, 0.15) is 31.2 Å². The van der Waals surface area contributed by atoms with E-state index in [1.807, 2.05) is 18.2 Å². The number of benzodiazepines with no additional fused rings is 1. The fourth-order valence-electron chi connectivity index (χ4n) is 4.25. The third-order valence-corrected chi connectivity index (χ3v) is 5.57. The van der Waals surface area contributed by atoms with Crippen molar-refractivity contribution in [2.75, 3.05) is 25.0 Å². The molecule has 122 valence electrons. The van der Waals surface area contributed by atoms with Gasteiger partial charge in [-0.25, -0.2) is 4.99 Å². The molecule has 0 radical (unpaired) electrons. The Morgan fingerprint density at radius 1 is 1.09 bits per heavy atom. The topological polar surface area (TPSA) is 61.9 Å². The van der Waals surface area contributed by atoms with Gasteiger partial charge in [-0.05, 0) is 49.7 Å². The van der Waals surface area contributed by atoms with Crippen molar-refractivity contribution in [3.05, 3.63) is 29.8 Å². The van der Waals surface area contributed by atoms with Crippen LogP contribution < -0.4 is 10.6 Å². The average molecular weight is 312 g/mol. The molecule has 1 amide bonds. The van der Waals surface area contributed by atoms with Crippen LogP contribution in [-0.2, 0) is 4.79 Å². The lowest BCUT2D eigenvalue weighted by Crippen LogP contribution is -2.40. The van der Waals surface area contributed by atoms with Crippen molar-refractivity contribution in [1.82, 2.24) is 4.90 Å². The maximum Gasteiger partial charge on any atom is 0.266 e. The Hall–Kier alpha value is -1.88. The van der Waals surface area contributed by atoms with Crippen LogP contribution in [0.2, 0.25) is 0 Å². The number of aliphatic imine (C=N–C) groups is 1. The molecule has 0 aromatic heterocycles. The first-order valence-corrected chi connectivity index (χ1v) is 8.59. The van der Waals surface area contributed by atoms with Crippen molar-refractivity contribution < 1.29 is 4.79 Å².